The number of hydrogen-bond acceptors (Lipinski definition) is 4. The first-order chi connectivity index (χ1) is 8.34. The average molecular weight is 235 g/mol. The molecule has 1 aliphatic rings. The van der Waals surface area contributed by atoms with Crippen LogP contribution in [0.2, 0.25) is 0 Å². The number of nitrogens with one attached hydrogen (secondary N) is 1. The van der Waals surface area contributed by atoms with Crippen molar-refractivity contribution < 1.29 is 4.74 Å². The third-order valence-corrected chi connectivity index (χ3v) is 2.97. The van der Waals surface area contributed by atoms with Gasteiger partial charge in [0.25, 0.3) is 0 Å². The number of rotatable bonds is 5. The van der Waals surface area contributed by atoms with Gasteiger partial charge in [-0.2, -0.15) is 0 Å². The van der Waals surface area contributed by atoms with E-state index in [9.17, 15) is 0 Å². The van der Waals surface area contributed by atoms with Gasteiger partial charge in [0.1, 0.15) is 0 Å². The van der Waals surface area contributed by atoms with E-state index < -0.39 is 0 Å². The number of hydrogen-bond donors (Lipinski definition) is 2. The normalized spacial score (nSPS) is 16.9. The monoisotopic (exact) mass is 235 g/mol. The second-order valence-corrected chi connectivity index (χ2v) is 4.36. The summed E-state index contributed by atoms with van der Waals surface area (Å²) < 4.78 is 5.32. The van der Waals surface area contributed by atoms with Crippen molar-refractivity contribution >= 4 is 11.4 Å². The summed E-state index contributed by atoms with van der Waals surface area (Å²) in [6.45, 7) is 6.02. The fraction of sp³-hybridized carbons (Fsp3) is 0.538. The standard InChI is InChI=1S/C13H21N3O/c14-12-3-1-4-13(11-12)15-5-2-6-16-7-9-17-10-8-16/h1,3-4,11,15H,2,5-10,14H2. The lowest BCUT2D eigenvalue weighted by atomic mass is 10.2. The fourth-order valence-electron chi connectivity index (χ4n) is 2.01. The van der Waals surface area contributed by atoms with Gasteiger partial charge in [-0.1, -0.05) is 6.07 Å². The molecular formula is C13H21N3O. The van der Waals surface area contributed by atoms with Crippen molar-refractivity contribution in [2.45, 2.75) is 6.42 Å². The molecule has 0 atom stereocenters. The smallest absolute Gasteiger partial charge is 0.0594 e. The van der Waals surface area contributed by atoms with Gasteiger partial charge in [0.15, 0.2) is 0 Å². The first-order valence-corrected chi connectivity index (χ1v) is 6.24. The quantitative estimate of drug-likeness (QED) is 0.598. The highest BCUT2D eigenvalue weighted by Gasteiger charge is 2.08. The molecule has 1 aromatic rings. The summed E-state index contributed by atoms with van der Waals surface area (Å²) in [7, 11) is 0. The van der Waals surface area contributed by atoms with E-state index in [0.717, 1.165) is 57.2 Å². The molecule has 0 unspecified atom stereocenters. The van der Waals surface area contributed by atoms with Crippen molar-refractivity contribution in [3.8, 4) is 0 Å². The summed E-state index contributed by atoms with van der Waals surface area (Å²) in [5, 5.41) is 3.39. The Morgan fingerprint density at radius 1 is 1.29 bits per heavy atom. The van der Waals surface area contributed by atoms with Crippen LogP contribution in [0.25, 0.3) is 0 Å². The third-order valence-electron chi connectivity index (χ3n) is 2.97. The van der Waals surface area contributed by atoms with E-state index in [2.05, 4.69) is 10.2 Å². The number of ether oxygens (including phenoxy) is 1. The van der Waals surface area contributed by atoms with Gasteiger partial charge in [0, 0.05) is 31.0 Å². The van der Waals surface area contributed by atoms with Gasteiger partial charge in [-0.15, -0.1) is 0 Å². The van der Waals surface area contributed by atoms with Gasteiger partial charge >= 0.3 is 0 Å². The molecule has 1 fully saturated rings. The Labute approximate surface area is 103 Å². The maximum Gasteiger partial charge on any atom is 0.0594 e. The topological polar surface area (TPSA) is 50.5 Å². The maximum absolute atomic E-state index is 5.72. The van der Waals surface area contributed by atoms with Gasteiger partial charge < -0.3 is 15.8 Å². The Hall–Kier alpha value is -1.26. The molecule has 0 aliphatic carbocycles. The third kappa shape index (κ3) is 4.24. The van der Waals surface area contributed by atoms with Crippen LogP contribution in [0.15, 0.2) is 24.3 Å². The second-order valence-electron chi connectivity index (χ2n) is 4.36. The minimum absolute atomic E-state index is 0.808. The largest absolute Gasteiger partial charge is 0.399 e. The van der Waals surface area contributed by atoms with Crippen molar-refractivity contribution in [1.82, 2.24) is 4.90 Å². The van der Waals surface area contributed by atoms with E-state index in [0.29, 0.717) is 0 Å². The first-order valence-electron chi connectivity index (χ1n) is 6.24. The predicted molar refractivity (Wildman–Crippen MR) is 71.2 cm³/mol. The molecule has 0 bridgehead atoms. The second kappa shape index (κ2) is 6.47. The summed E-state index contributed by atoms with van der Waals surface area (Å²) in [6, 6.07) is 7.89. The van der Waals surface area contributed by atoms with Crippen molar-refractivity contribution in [3.05, 3.63) is 24.3 Å². The predicted octanol–water partition coefficient (Wildman–Crippen LogP) is 1.40. The summed E-state index contributed by atoms with van der Waals surface area (Å²) in [5.41, 5.74) is 7.63. The van der Waals surface area contributed by atoms with Crippen LogP contribution < -0.4 is 11.1 Å². The lowest BCUT2D eigenvalue weighted by molar-refractivity contribution is 0.0378. The van der Waals surface area contributed by atoms with Gasteiger partial charge in [-0.05, 0) is 31.2 Å². The Bertz CT molecular complexity index is 337. The van der Waals surface area contributed by atoms with E-state index in [-0.39, 0.29) is 0 Å². The Morgan fingerprint density at radius 3 is 2.88 bits per heavy atom. The molecule has 1 aliphatic heterocycles. The van der Waals surface area contributed by atoms with Crippen molar-refractivity contribution in [2.24, 2.45) is 0 Å². The molecule has 0 amide bonds. The molecule has 94 valence electrons. The van der Waals surface area contributed by atoms with Crippen LogP contribution in [0, 0.1) is 0 Å². The van der Waals surface area contributed by atoms with Crippen molar-refractivity contribution in [2.75, 3.05) is 50.4 Å². The fourth-order valence-corrected chi connectivity index (χ4v) is 2.01. The average Bonchev–Trinajstić information content (AvgIpc) is 2.36. The molecule has 4 nitrogen and oxygen atoms in total. The van der Waals surface area contributed by atoms with Crippen LogP contribution in [0.3, 0.4) is 0 Å². The summed E-state index contributed by atoms with van der Waals surface area (Å²) in [5.74, 6) is 0. The molecular weight excluding hydrogens is 214 g/mol. The van der Waals surface area contributed by atoms with E-state index in [1.807, 2.05) is 24.3 Å². The van der Waals surface area contributed by atoms with Crippen LogP contribution in [0.5, 0.6) is 0 Å². The molecule has 1 heterocycles. The van der Waals surface area contributed by atoms with Crippen LogP contribution in [-0.2, 0) is 4.74 Å². The number of benzene rings is 1. The van der Waals surface area contributed by atoms with Gasteiger partial charge in [-0.25, -0.2) is 0 Å². The molecule has 0 aromatic heterocycles. The number of nitrogen functional groups attached to an aromatic ring is 1. The highest BCUT2D eigenvalue weighted by molar-refractivity contribution is 5.53. The summed E-state index contributed by atoms with van der Waals surface area (Å²) in [6.07, 6.45) is 1.15. The van der Waals surface area contributed by atoms with Crippen molar-refractivity contribution in [1.29, 1.82) is 0 Å². The number of nitrogens with two attached hydrogens (primary N) is 1. The summed E-state index contributed by atoms with van der Waals surface area (Å²) >= 11 is 0. The van der Waals surface area contributed by atoms with Crippen LogP contribution in [-0.4, -0.2) is 44.3 Å². The zero-order valence-electron chi connectivity index (χ0n) is 10.2. The Morgan fingerprint density at radius 2 is 2.12 bits per heavy atom. The molecule has 1 saturated heterocycles. The lowest BCUT2D eigenvalue weighted by Gasteiger charge is -2.26. The van der Waals surface area contributed by atoms with Crippen LogP contribution in [0.1, 0.15) is 6.42 Å². The molecule has 0 radical (unpaired) electrons. The SMILES string of the molecule is Nc1cccc(NCCCN2CCOCC2)c1. The van der Waals surface area contributed by atoms with Crippen molar-refractivity contribution in [3.63, 3.8) is 0 Å². The van der Waals surface area contributed by atoms with Gasteiger partial charge in [-0.3, -0.25) is 4.90 Å². The van der Waals surface area contributed by atoms with E-state index in [4.69, 9.17) is 10.5 Å². The zero-order chi connectivity index (χ0) is 11.9. The zero-order valence-corrected chi connectivity index (χ0v) is 10.2. The molecule has 2 rings (SSSR count). The first kappa shape index (κ1) is 12.2. The maximum atomic E-state index is 5.72. The lowest BCUT2D eigenvalue weighted by Crippen LogP contribution is -2.37. The Kier molecular flexibility index (Phi) is 4.64. The minimum atomic E-state index is 0.808. The van der Waals surface area contributed by atoms with Gasteiger partial charge in [0.05, 0.1) is 13.2 Å². The van der Waals surface area contributed by atoms with Crippen LogP contribution >= 0.6 is 0 Å². The number of morpholine rings is 1. The molecule has 3 N–H and O–H groups in total. The van der Waals surface area contributed by atoms with E-state index in [1.165, 1.54) is 0 Å². The molecule has 0 spiro atoms. The van der Waals surface area contributed by atoms with E-state index >= 15 is 0 Å². The molecule has 1 aromatic carbocycles. The molecule has 4 heteroatoms. The van der Waals surface area contributed by atoms with Crippen LogP contribution in [0.4, 0.5) is 11.4 Å². The van der Waals surface area contributed by atoms with Gasteiger partial charge in [0.2, 0.25) is 0 Å². The molecule has 0 saturated carbocycles. The molecule has 17 heavy (non-hydrogen) atoms. The highest BCUT2D eigenvalue weighted by Crippen LogP contribution is 2.11. The number of nitrogens with zero attached hydrogens (tertiary/aromatic N) is 1. The minimum Gasteiger partial charge on any atom is -0.399 e. The number of anilines is 2. The summed E-state index contributed by atoms with van der Waals surface area (Å²) in [4.78, 5) is 2.45. The highest BCUT2D eigenvalue weighted by atomic mass is 16.5. The Balaban J connectivity index is 1.62. The van der Waals surface area contributed by atoms with E-state index in [1.54, 1.807) is 0 Å².